The molecule has 2 aliphatic heterocycles. The van der Waals surface area contributed by atoms with Gasteiger partial charge in [0, 0.05) is 23.9 Å². The maximum absolute atomic E-state index is 14.5. The van der Waals surface area contributed by atoms with Crippen molar-refractivity contribution in [2.75, 3.05) is 0 Å². The van der Waals surface area contributed by atoms with Gasteiger partial charge in [-0.1, -0.05) is 56.2 Å². The molecule has 0 spiro atoms. The molecule has 3 N–H and O–H groups in total. The van der Waals surface area contributed by atoms with Crippen LogP contribution in [0.3, 0.4) is 0 Å². The first-order valence-electron chi connectivity index (χ1n) is 17.9. The van der Waals surface area contributed by atoms with Gasteiger partial charge in [-0.2, -0.15) is 0 Å². The normalized spacial score (nSPS) is 26.0. The Hall–Kier alpha value is -4.10. The summed E-state index contributed by atoms with van der Waals surface area (Å²) >= 11 is 6.16. The number of halogens is 1. The molecule has 12 nitrogen and oxygen atoms in total. The Kier molecular flexibility index (Phi) is 11.6. The van der Waals surface area contributed by atoms with Crippen molar-refractivity contribution in [2.24, 2.45) is 5.92 Å². The van der Waals surface area contributed by atoms with Crippen molar-refractivity contribution in [1.29, 1.82) is 0 Å². The molecule has 0 aromatic heterocycles. The lowest BCUT2D eigenvalue weighted by atomic mass is 9.91. The van der Waals surface area contributed by atoms with E-state index in [1.165, 1.54) is 4.90 Å². The molecule has 2 saturated carbocycles. The highest BCUT2D eigenvalue weighted by atomic mass is 35.5. The minimum atomic E-state index is -3.98. The van der Waals surface area contributed by atoms with Crippen LogP contribution in [0.15, 0.2) is 54.6 Å². The molecule has 4 amide bonds. The minimum absolute atomic E-state index is 0. The Morgan fingerprint density at radius 1 is 1.02 bits per heavy atom. The molecular weight excluding hydrogens is 720 g/mol. The van der Waals surface area contributed by atoms with Gasteiger partial charge in [0.05, 0.1) is 4.75 Å². The predicted molar refractivity (Wildman–Crippen MR) is 202 cm³/mol. The van der Waals surface area contributed by atoms with Crippen LogP contribution in [0.25, 0.3) is 0 Å². The molecule has 0 unspecified atom stereocenters. The van der Waals surface area contributed by atoms with Crippen LogP contribution in [0.5, 0.6) is 11.5 Å². The number of hydrogen-bond donors (Lipinski definition) is 3. The third kappa shape index (κ3) is 9.17. The summed E-state index contributed by atoms with van der Waals surface area (Å²) < 4.78 is 39.1. The standard InChI is InChI=1S/C38H47ClN4O8S.CH4/c1-36(2,3)51-35(47)40-30-14-9-7-5-6-8-11-26-22-38(26,34(46)42-52(48,49)37(4)17-18-37)41-32(44)31-20-25-19-29(50-28-13-10-12-27(39)21-28)16-15-24(25)23-43(31)33(30)45;/h8,10-13,15-16,19,21,26,30-31H,5-7,9,14,17-18,20,22-23H2,1-4H3,(H,40,47)(H,41,44)(H,42,46);1H4/b11-8-;/t26-,30+,31+,38-;/m1./s1. The first kappa shape index (κ1) is 40.1. The van der Waals surface area contributed by atoms with Gasteiger partial charge >= 0.3 is 6.09 Å². The number of hydrogen-bond acceptors (Lipinski definition) is 8. The molecule has 4 atom stereocenters. The van der Waals surface area contributed by atoms with Gasteiger partial charge in [-0.05, 0) is 108 Å². The molecule has 2 aromatic carbocycles. The van der Waals surface area contributed by atoms with Crippen molar-refractivity contribution < 1.29 is 37.1 Å². The quantitative estimate of drug-likeness (QED) is 0.288. The van der Waals surface area contributed by atoms with Gasteiger partial charge in [0.25, 0.3) is 5.91 Å². The van der Waals surface area contributed by atoms with E-state index in [2.05, 4.69) is 15.4 Å². The van der Waals surface area contributed by atoms with Gasteiger partial charge in [0.1, 0.15) is 34.7 Å². The average molecular weight is 771 g/mol. The molecule has 0 bridgehead atoms. The SMILES string of the molecule is C.CC(C)(C)OC(=O)N[C@H]1CCCCC/C=C\[C@@H]2C[C@@]2(C(=O)NS(=O)(=O)C2(C)CC2)NC(=O)[C@@H]2Cc3cc(Oc4cccc(Cl)c4)ccc3CN2C1=O. The van der Waals surface area contributed by atoms with Gasteiger partial charge in [0.15, 0.2) is 0 Å². The number of nitrogens with one attached hydrogen (secondary N) is 3. The second kappa shape index (κ2) is 15.3. The Balaban J connectivity index is 0.00000541. The van der Waals surface area contributed by atoms with Crippen LogP contribution in [0.4, 0.5) is 4.79 Å². The number of sulfonamides is 1. The fraction of sp³-hybridized carbons (Fsp3) is 0.538. The molecule has 2 aromatic rings. The van der Waals surface area contributed by atoms with E-state index in [9.17, 15) is 27.6 Å². The summed E-state index contributed by atoms with van der Waals surface area (Å²) in [5.41, 5.74) is -0.759. The molecule has 2 aliphatic carbocycles. The molecule has 14 heteroatoms. The van der Waals surface area contributed by atoms with Crippen LogP contribution in [-0.4, -0.2) is 65.1 Å². The number of nitrogens with zero attached hydrogens (tertiary/aromatic N) is 1. The van der Waals surface area contributed by atoms with Gasteiger partial charge in [-0.3, -0.25) is 19.1 Å². The second-order valence-corrected chi connectivity index (χ2v) is 18.2. The number of fused-ring (bicyclic) bond motifs is 3. The lowest BCUT2D eigenvalue weighted by Gasteiger charge is -2.39. The van der Waals surface area contributed by atoms with Crippen molar-refractivity contribution in [2.45, 2.75) is 127 Å². The van der Waals surface area contributed by atoms with Gasteiger partial charge in [-0.25, -0.2) is 13.2 Å². The van der Waals surface area contributed by atoms with Crippen molar-refractivity contribution in [3.8, 4) is 11.5 Å². The summed E-state index contributed by atoms with van der Waals surface area (Å²) in [7, 11) is -3.98. The van der Waals surface area contributed by atoms with Crippen molar-refractivity contribution in [3.63, 3.8) is 0 Å². The number of allylic oxidation sites excluding steroid dienone is 1. The van der Waals surface area contributed by atoms with Crippen molar-refractivity contribution in [1.82, 2.24) is 20.3 Å². The van der Waals surface area contributed by atoms with Crippen LogP contribution in [-0.2, 0) is 42.1 Å². The Labute approximate surface area is 317 Å². The number of alkyl carbamates (subject to hydrolysis) is 1. The lowest BCUT2D eigenvalue weighted by Crippen LogP contribution is -2.61. The number of rotatable bonds is 6. The highest BCUT2D eigenvalue weighted by Crippen LogP contribution is 2.47. The summed E-state index contributed by atoms with van der Waals surface area (Å²) in [4.78, 5) is 57.2. The van der Waals surface area contributed by atoms with Crippen molar-refractivity contribution >= 4 is 45.4 Å². The smallest absolute Gasteiger partial charge is 0.408 e. The first-order valence-corrected chi connectivity index (χ1v) is 19.8. The molecule has 53 heavy (non-hydrogen) atoms. The number of carbonyl (C=O) groups excluding carboxylic acids is 4. The maximum atomic E-state index is 14.5. The Bertz CT molecular complexity index is 1890. The van der Waals surface area contributed by atoms with Crippen LogP contribution in [0.2, 0.25) is 5.02 Å². The predicted octanol–water partition coefficient (Wildman–Crippen LogP) is 6.31. The van der Waals surface area contributed by atoms with E-state index in [0.717, 1.165) is 24.0 Å². The van der Waals surface area contributed by atoms with Crippen LogP contribution >= 0.6 is 11.6 Å². The lowest BCUT2D eigenvalue weighted by molar-refractivity contribution is -0.144. The van der Waals surface area contributed by atoms with Crippen LogP contribution in [0.1, 0.15) is 97.6 Å². The molecule has 2 heterocycles. The number of benzene rings is 2. The van der Waals surface area contributed by atoms with E-state index < -0.39 is 67.7 Å². The monoisotopic (exact) mass is 770 g/mol. The first-order chi connectivity index (χ1) is 24.5. The van der Waals surface area contributed by atoms with Gasteiger partial charge in [-0.15, -0.1) is 0 Å². The molecular formula is C39H51ClN4O8S. The van der Waals surface area contributed by atoms with Crippen LogP contribution in [0, 0.1) is 5.92 Å². The van der Waals surface area contributed by atoms with Gasteiger partial charge in [0.2, 0.25) is 21.8 Å². The largest absolute Gasteiger partial charge is 0.457 e. The number of amides is 4. The van der Waals surface area contributed by atoms with E-state index in [-0.39, 0.29) is 26.8 Å². The fourth-order valence-electron chi connectivity index (χ4n) is 6.78. The van der Waals surface area contributed by atoms with Crippen LogP contribution < -0.4 is 20.1 Å². The van der Waals surface area contributed by atoms with Crippen molar-refractivity contribution in [3.05, 3.63) is 70.8 Å². The molecule has 288 valence electrons. The Morgan fingerprint density at radius 3 is 2.45 bits per heavy atom. The number of ether oxygens (including phenoxy) is 2. The third-order valence-corrected chi connectivity index (χ3v) is 12.6. The fourth-order valence-corrected chi connectivity index (χ4v) is 8.27. The third-order valence-electron chi connectivity index (χ3n) is 10.2. The number of carbonyl (C=O) groups is 4. The molecule has 2 fully saturated rings. The zero-order valence-electron chi connectivity index (χ0n) is 30.0. The minimum Gasteiger partial charge on any atom is -0.457 e. The van der Waals surface area contributed by atoms with E-state index in [1.807, 2.05) is 24.3 Å². The summed E-state index contributed by atoms with van der Waals surface area (Å²) in [6.07, 6.45) is 7.50. The summed E-state index contributed by atoms with van der Waals surface area (Å²) in [6, 6.07) is 10.3. The van der Waals surface area contributed by atoms with E-state index in [1.54, 1.807) is 58.0 Å². The maximum Gasteiger partial charge on any atom is 0.408 e. The summed E-state index contributed by atoms with van der Waals surface area (Å²) in [6.45, 7) is 6.84. The molecule has 6 rings (SSSR count). The average Bonchev–Trinajstić information content (AvgIpc) is 3.98. The second-order valence-electron chi connectivity index (χ2n) is 15.6. The highest BCUT2D eigenvalue weighted by Gasteiger charge is 2.63. The topological polar surface area (TPSA) is 160 Å². The summed E-state index contributed by atoms with van der Waals surface area (Å²) in [5.74, 6) is -1.25. The molecule has 4 aliphatic rings. The van der Waals surface area contributed by atoms with E-state index in [0.29, 0.717) is 48.6 Å². The van der Waals surface area contributed by atoms with E-state index >= 15 is 0 Å². The molecule has 0 radical (unpaired) electrons. The zero-order chi connectivity index (χ0) is 37.5. The van der Waals surface area contributed by atoms with E-state index in [4.69, 9.17) is 21.1 Å². The van der Waals surface area contributed by atoms with Gasteiger partial charge < -0.3 is 25.0 Å². The zero-order valence-corrected chi connectivity index (χ0v) is 31.6. The molecule has 0 saturated heterocycles. The summed E-state index contributed by atoms with van der Waals surface area (Å²) in [5, 5.41) is 6.18. The highest BCUT2D eigenvalue weighted by molar-refractivity contribution is 7.91. The Morgan fingerprint density at radius 2 is 1.75 bits per heavy atom.